The molecule has 0 atom stereocenters. The molecule has 2 saturated heterocycles. The van der Waals surface area contributed by atoms with Crippen molar-refractivity contribution in [1.82, 2.24) is 19.8 Å². The van der Waals surface area contributed by atoms with E-state index in [4.69, 9.17) is 11.5 Å². The molecule has 170 valence electrons. The van der Waals surface area contributed by atoms with Crippen LogP contribution in [0, 0.1) is 5.92 Å². The van der Waals surface area contributed by atoms with Crippen molar-refractivity contribution >= 4 is 23.0 Å². The Kier molecular flexibility index (Phi) is 8.31. The van der Waals surface area contributed by atoms with Crippen LogP contribution in [-0.4, -0.2) is 85.7 Å². The van der Waals surface area contributed by atoms with Crippen LogP contribution in [0.2, 0.25) is 0 Å². The molecule has 0 aromatic carbocycles. The average Bonchev–Trinajstić information content (AvgIpc) is 2.76. The Morgan fingerprint density at radius 1 is 0.742 bits per heavy atom. The summed E-state index contributed by atoms with van der Waals surface area (Å²) in [6.45, 7) is 14.6. The fourth-order valence-corrected chi connectivity index (χ4v) is 3.94. The minimum absolute atomic E-state index is 0.586. The highest BCUT2D eigenvalue weighted by molar-refractivity contribution is 5.49. The van der Waals surface area contributed by atoms with Crippen LogP contribution in [0.4, 0.5) is 23.0 Å². The Morgan fingerprint density at radius 2 is 1.19 bits per heavy atom. The maximum absolute atomic E-state index is 5.60. The van der Waals surface area contributed by atoms with E-state index in [1.54, 1.807) is 0 Å². The summed E-state index contributed by atoms with van der Waals surface area (Å²) in [5, 5.41) is 0. The molecule has 0 unspecified atom stereocenters. The second kappa shape index (κ2) is 11.2. The quantitative estimate of drug-likeness (QED) is 0.766. The Bertz CT molecular complexity index is 761. The van der Waals surface area contributed by atoms with Crippen molar-refractivity contribution in [3.05, 3.63) is 36.7 Å². The van der Waals surface area contributed by atoms with Gasteiger partial charge in [-0.05, 0) is 37.2 Å². The Morgan fingerprint density at radius 3 is 1.58 bits per heavy atom. The number of anilines is 4. The van der Waals surface area contributed by atoms with Gasteiger partial charge in [-0.2, -0.15) is 0 Å². The Labute approximate surface area is 186 Å². The molecule has 31 heavy (non-hydrogen) atoms. The van der Waals surface area contributed by atoms with Crippen LogP contribution < -0.4 is 21.3 Å². The number of rotatable bonds is 4. The summed E-state index contributed by atoms with van der Waals surface area (Å²) >= 11 is 0. The van der Waals surface area contributed by atoms with Crippen LogP contribution in [0.3, 0.4) is 0 Å². The van der Waals surface area contributed by atoms with Gasteiger partial charge in [0.2, 0.25) is 0 Å². The van der Waals surface area contributed by atoms with Crippen molar-refractivity contribution in [2.75, 3.05) is 87.2 Å². The lowest BCUT2D eigenvalue weighted by Crippen LogP contribution is -2.47. The predicted octanol–water partition coefficient (Wildman–Crippen LogP) is 1.86. The minimum atomic E-state index is 0.586. The van der Waals surface area contributed by atoms with Crippen LogP contribution in [0.25, 0.3) is 0 Å². The van der Waals surface area contributed by atoms with Gasteiger partial charge in [0, 0.05) is 58.9 Å². The van der Waals surface area contributed by atoms with Gasteiger partial charge in [0.05, 0.1) is 23.8 Å². The number of pyridine rings is 2. The highest BCUT2D eigenvalue weighted by Crippen LogP contribution is 2.17. The lowest BCUT2D eigenvalue weighted by Gasteiger charge is -2.36. The molecule has 4 heterocycles. The summed E-state index contributed by atoms with van der Waals surface area (Å²) in [6.07, 6.45) is 3.72. The van der Waals surface area contributed by atoms with Gasteiger partial charge in [-0.3, -0.25) is 4.90 Å². The van der Waals surface area contributed by atoms with E-state index < -0.39 is 0 Å². The number of hydrogen-bond donors (Lipinski definition) is 2. The molecule has 2 aromatic rings. The highest BCUT2D eigenvalue weighted by atomic mass is 15.3. The molecule has 0 radical (unpaired) electrons. The van der Waals surface area contributed by atoms with Crippen molar-refractivity contribution in [2.45, 2.75) is 13.8 Å². The molecule has 4 rings (SSSR count). The summed E-state index contributed by atoms with van der Waals surface area (Å²) in [7, 11) is 2.15. The molecule has 2 aromatic heterocycles. The summed E-state index contributed by atoms with van der Waals surface area (Å²) < 4.78 is 0. The topological polar surface area (TPSA) is 90.8 Å². The largest absolute Gasteiger partial charge is 0.384 e. The van der Waals surface area contributed by atoms with E-state index in [9.17, 15) is 0 Å². The van der Waals surface area contributed by atoms with Gasteiger partial charge in [0.15, 0.2) is 0 Å². The van der Waals surface area contributed by atoms with Crippen LogP contribution >= 0.6 is 0 Å². The van der Waals surface area contributed by atoms with Crippen molar-refractivity contribution < 1.29 is 0 Å². The lowest BCUT2D eigenvalue weighted by molar-refractivity contribution is 0.231. The molecule has 0 bridgehead atoms. The SMILES string of the molecule is CC(C)CN1CCN(c2ccc(N)nc2)CC1.CN1CCN(c2ccc(N)nc2)CC1. The van der Waals surface area contributed by atoms with E-state index in [1.165, 1.54) is 17.9 Å². The van der Waals surface area contributed by atoms with Crippen LogP contribution in [-0.2, 0) is 0 Å². The van der Waals surface area contributed by atoms with E-state index in [-0.39, 0.29) is 0 Å². The maximum atomic E-state index is 5.60. The van der Waals surface area contributed by atoms with Crippen molar-refractivity contribution in [3.63, 3.8) is 0 Å². The minimum Gasteiger partial charge on any atom is -0.384 e. The lowest BCUT2D eigenvalue weighted by atomic mass is 10.2. The van der Waals surface area contributed by atoms with Crippen LogP contribution in [0.1, 0.15) is 13.8 Å². The second-order valence-electron chi connectivity index (χ2n) is 8.85. The fourth-order valence-electron chi connectivity index (χ4n) is 3.94. The third kappa shape index (κ3) is 7.25. The van der Waals surface area contributed by atoms with Gasteiger partial charge in [-0.15, -0.1) is 0 Å². The number of aromatic nitrogens is 2. The first-order chi connectivity index (χ1) is 14.9. The van der Waals surface area contributed by atoms with Gasteiger partial charge < -0.3 is 26.2 Å². The number of hydrogen-bond acceptors (Lipinski definition) is 8. The number of piperazine rings is 2. The number of nitrogens with zero attached hydrogens (tertiary/aromatic N) is 6. The maximum Gasteiger partial charge on any atom is 0.123 e. The molecule has 8 heteroatoms. The van der Waals surface area contributed by atoms with E-state index in [0.29, 0.717) is 11.6 Å². The molecule has 2 aliphatic heterocycles. The third-order valence-electron chi connectivity index (χ3n) is 5.77. The van der Waals surface area contributed by atoms with Crippen LogP contribution in [0.5, 0.6) is 0 Å². The normalized spacial score (nSPS) is 18.1. The fraction of sp³-hybridized carbons (Fsp3) is 0.565. The van der Waals surface area contributed by atoms with Gasteiger partial charge in [-0.1, -0.05) is 13.8 Å². The molecule has 8 nitrogen and oxygen atoms in total. The molecule has 0 spiro atoms. The number of nitrogen functional groups attached to an aromatic ring is 2. The Balaban J connectivity index is 0.000000179. The second-order valence-corrected chi connectivity index (χ2v) is 8.85. The van der Waals surface area contributed by atoms with Gasteiger partial charge in [-0.25, -0.2) is 9.97 Å². The molecule has 4 N–H and O–H groups in total. The van der Waals surface area contributed by atoms with Crippen molar-refractivity contribution in [3.8, 4) is 0 Å². The average molecular weight is 427 g/mol. The molecule has 0 amide bonds. The van der Waals surface area contributed by atoms with E-state index in [0.717, 1.165) is 58.3 Å². The summed E-state index contributed by atoms with van der Waals surface area (Å²) in [5.41, 5.74) is 13.5. The molecule has 2 aliphatic rings. The molecule has 0 aliphatic carbocycles. The summed E-state index contributed by atoms with van der Waals surface area (Å²) in [5.74, 6) is 1.93. The molecular weight excluding hydrogens is 388 g/mol. The standard InChI is InChI=1S/C13H22N4.C10H16N4/c1-11(2)10-16-5-7-17(8-6-16)12-3-4-13(14)15-9-12;1-13-4-6-14(7-5-13)9-2-3-10(11)12-8-9/h3-4,9,11H,5-8,10H2,1-2H3,(H2,14,15);2-3,8H,4-7H2,1H3,(H2,11,12). The first-order valence-electron chi connectivity index (χ1n) is 11.2. The first kappa shape index (κ1) is 23.1. The van der Waals surface area contributed by atoms with E-state index >= 15 is 0 Å². The smallest absolute Gasteiger partial charge is 0.123 e. The van der Waals surface area contributed by atoms with E-state index in [1.807, 2.05) is 30.6 Å². The molecule has 0 saturated carbocycles. The monoisotopic (exact) mass is 426 g/mol. The van der Waals surface area contributed by atoms with Crippen LogP contribution in [0.15, 0.2) is 36.7 Å². The molecule has 2 fully saturated rings. The first-order valence-corrected chi connectivity index (χ1v) is 11.2. The zero-order valence-electron chi connectivity index (χ0n) is 19.2. The van der Waals surface area contributed by atoms with Gasteiger partial charge >= 0.3 is 0 Å². The van der Waals surface area contributed by atoms with Gasteiger partial charge in [0.1, 0.15) is 11.6 Å². The van der Waals surface area contributed by atoms with Gasteiger partial charge in [0.25, 0.3) is 0 Å². The third-order valence-corrected chi connectivity index (χ3v) is 5.77. The number of nitrogens with two attached hydrogens (primary N) is 2. The summed E-state index contributed by atoms with van der Waals surface area (Å²) in [4.78, 5) is 17.8. The number of likely N-dealkylation sites (N-methyl/N-ethyl adjacent to an activating group) is 1. The predicted molar refractivity (Wildman–Crippen MR) is 130 cm³/mol. The van der Waals surface area contributed by atoms with Crippen molar-refractivity contribution in [2.24, 2.45) is 5.92 Å². The summed E-state index contributed by atoms with van der Waals surface area (Å²) in [6, 6.07) is 7.82. The van der Waals surface area contributed by atoms with Crippen molar-refractivity contribution in [1.29, 1.82) is 0 Å². The Hall–Kier alpha value is -2.58. The zero-order chi connectivity index (χ0) is 22.2. The zero-order valence-corrected chi connectivity index (χ0v) is 19.2. The highest BCUT2D eigenvalue weighted by Gasteiger charge is 2.17. The van der Waals surface area contributed by atoms with E-state index in [2.05, 4.69) is 56.5 Å². The molecular formula is C23H38N8.